The minimum Gasteiger partial charge on any atom is -0.494 e. The molecule has 5 rings (SSSR count). The first-order valence-corrected chi connectivity index (χ1v) is 8.67. The number of aromatic nitrogens is 1. The van der Waals surface area contributed by atoms with Gasteiger partial charge in [-0.05, 0) is 17.7 Å². The molecule has 9 heteroatoms. The van der Waals surface area contributed by atoms with Crippen molar-refractivity contribution >= 4 is 29.5 Å². The second-order valence-electron chi connectivity index (χ2n) is 6.01. The van der Waals surface area contributed by atoms with E-state index in [-0.39, 0.29) is 22.9 Å². The van der Waals surface area contributed by atoms with E-state index >= 15 is 0 Å². The van der Waals surface area contributed by atoms with Crippen LogP contribution in [0.1, 0.15) is 27.0 Å². The van der Waals surface area contributed by atoms with Crippen molar-refractivity contribution in [1.29, 1.82) is 5.41 Å². The lowest BCUT2D eigenvalue weighted by Gasteiger charge is -2.25. The molecule has 134 valence electrons. The molecule has 1 aromatic heterocycles. The van der Waals surface area contributed by atoms with Crippen molar-refractivity contribution in [3.05, 3.63) is 70.8 Å². The van der Waals surface area contributed by atoms with Crippen molar-refractivity contribution in [3.8, 4) is 17.1 Å². The fourth-order valence-corrected chi connectivity index (χ4v) is 3.45. The first-order chi connectivity index (χ1) is 13.1. The second-order valence-corrected chi connectivity index (χ2v) is 6.45. The number of fused-ring (bicyclic) bond motifs is 2. The summed E-state index contributed by atoms with van der Waals surface area (Å²) in [6.45, 7) is 0. The molecule has 0 unspecified atom stereocenters. The maximum Gasteiger partial charge on any atom is 0.207 e. The van der Waals surface area contributed by atoms with Gasteiger partial charge < -0.3 is 10.1 Å². The number of carbonyl (C=O) groups is 1. The Hall–Kier alpha value is -3.11. The monoisotopic (exact) mass is 380 g/mol. The summed E-state index contributed by atoms with van der Waals surface area (Å²) in [4.78, 5) is 15.9. The Labute approximate surface area is 157 Å². The number of aromatic amines is 1. The van der Waals surface area contributed by atoms with Gasteiger partial charge >= 0.3 is 0 Å². The van der Waals surface area contributed by atoms with Gasteiger partial charge in [-0.2, -0.15) is 8.57 Å². The molecule has 0 atom stereocenters. The maximum atomic E-state index is 13.0. The highest BCUT2D eigenvalue weighted by molar-refractivity contribution is 7.90. The van der Waals surface area contributed by atoms with E-state index in [4.69, 9.17) is 14.0 Å². The summed E-state index contributed by atoms with van der Waals surface area (Å²) >= 11 is 0.851. The molecule has 2 aliphatic rings. The van der Waals surface area contributed by atoms with Crippen LogP contribution in [0.5, 0.6) is 5.88 Å². The average Bonchev–Trinajstić information content (AvgIpc) is 3.01. The lowest BCUT2D eigenvalue weighted by atomic mass is 9.84. The second kappa shape index (κ2) is 5.96. The van der Waals surface area contributed by atoms with Gasteiger partial charge in [-0.1, -0.05) is 36.4 Å². The number of benzene rings is 2. The van der Waals surface area contributed by atoms with Gasteiger partial charge in [-0.3, -0.25) is 15.6 Å². The molecule has 0 bridgehead atoms. The normalized spacial score (nSPS) is 15.9. The highest BCUT2D eigenvalue weighted by Gasteiger charge is 2.34. The van der Waals surface area contributed by atoms with Gasteiger partial charge in [0.1, 0.15) is 0 Å². The molecule has 1 aliphatic heterocycles. The largest absolute Gasteiger partial charge is 0.494 e. The molecular formula is C18H12N4O4S. The molecule has 2 aromatic carbocycles. The van der Waals surface area contributed by atoms with Crippen molar-refractivity contribution < 1.29 is 18.5 Å². The van der Waals surface area contributed by atoms with Crippen molar-refractivity contribution in [2.75, 3.05) is 5.43 Å². The summed E-state index contributed by atoms with van der Waals surface area (Å²) in [6.07, 6.45) is 0. The molecule has 27 heavy (non-hydrogen) atoms. The van der Waals surface area contributed by atoms with Crippen molar-refractivity contribution in [3.63, 3.8) is 0 Å². The lowest BCUT2D eigenvalue weighted by molar-refractivity contribution is -0.283. The van der Waals surface area contributed by atoms with E-state index in [1.165, 1.54) is 0 Å². The Kier molecular flexibility index (Phi) is 3.55. The number of hydrogen-bond donors (Lipinski definition) is 4. The van der Waals surface area contributed by atoms with E-state index in [2.05, 4.69) is 10.4 Å². The van der Waals surface area contributed by atoms with Crippen LogP contribution < -0.4 is 5.43 Å². The van der Waals surface area contributed by atoms with Gasteiger partial charge in [0, 0.05) is 11.1 Å². The molecule has 3 aromatic rings. The van der Waals surface area contributed by atoms with Gasteiger partial charge in [0.25, 0.3) is 0 Å². The summed E-state index contributed by atoms with van der Waals surface area (Å²) in [5, 5.41) is 19.9. The minimum atomic E-state index is -0.218. The summed E-state index contributed by atoms with van der Waals surface area (Å²) in [6, 6.07) is 14.1. The molecule has 0 radical (unpaired) electrons. The van der Waals surface area contributed by atoms with Gasteiger partial charge in [0.05, 0.1) is 33.6 Å². The predicted molar refractivity (Wildman–Crippen MR) is 98.9 cm³/mol. The number of hydrazine groups is 1. The highest BCUT2D eigenvalue weighted by atomic mass is 32.2. The van der Waals surface area contributed by atoms with Crippen LogP contribution in [0.4, 0.5) is 5.69 Å². The third-order valence-electron chi connectivity index (χ3n) is 4.49. The number of anilines is 1. The zero-order chi connectivity index (χ0) is 18.5. The van der Waals surface area contributed by atoms with Crippen LogP contribution in [-0.2, 0) is 8.57 Å². The summed E-state index contributed by atoms with van der Waals surface area (Å²) in [5.74, 6) is -0.404. The van der Waals surface area contributed by atoms with Crippen molar-refractivity contribution in [1.82, 2.24) is 10.3 Å². The van der Waals surface area contributed by atoms with Crippen LogP contribution in [0.3, 0.4) is 0 Å². The zero-order valence-corrected chi connectivity index (χ0v) is 14.5. The third kappa shape index (κ3) is 2.45. The summed E-state index contributed by atoms with van der Waals surface area (Å²) in [7, 11) is 0. The summed E-state index contributed by atoms with van der Waals surface area (Å²) in [5.41, 5.74) is 6.40. The Morgan fingerprint density at radius 3 is 2.41 bits per heavy atom. The molecule has 2 heterocycles. The van der Waals surface area contributed by atoms with Crippen LogP contribution in [0.25, 0.3) is 11.3 Å². The lowest BCUT2D eigenvalue weighted by Crippen LogP contribution is -2.32. The highest BCUT2D eigenvalue weighted by Crippen LogP contribution is 2.39. The molecule has 0 spiro atoms. The van der Waals surface area contributed by atoms with Gasteiger partial charge in [0.2, 0.25) is 12.3 Å². The van der Waals surface area contributed by atoms with E-state index < -0.39 is 0 Å². The van der Waals surface area contributed by atoms with Gasteiger partial charge in [-0.15, -0.1) is 0 Å². The first kappa shape index (κ1) is 16.1. The van der Waals surface area contributed by atoms with E-state index in [0.29, 0.717) is 33.6 Å². The van der Waals surface area contributed by atoms with E-state index in [1.807, 2.05) is 0 Å². The number of carbonyl (C=O) groups excluding carboxylic acids is 1. The van der Waals surface area contributed by atoms with Gasteiger partial charge in [-0.25, -0.2) is 0 Å². The maximum absolute atomic E-state index is 13.0. The summed E-state index contributed by atoms with van der Waals surface area (Å²) < 4.78 is 9.79. The molecule has 0 saturated carbocycles. The fraction of sp³-hybridized carbons (Fsp3) is 0. The Bertz CT molecular complexity index is 1090. The van der Waals surface area contributed by atoms with Crippen LogP contribution in [0.15, 0.2) is 48.5 Å². The minimum absolute atomic E-state index is 0.128. The van der Waals surface area contributed by atoms with Gasteiger partial charge in [0.15, 0.2) is 11.7 Å². The zero-order valence-electron chi connectivity index (χ0n) is 13.6. The molecular weight excluding hydrogens is 368 g/mol. The third-order valence-corrected chi connectivity index (χ3v) is 4.88. The molecule has 8 nitrogen and oxygen atoms in total. The van der Waals surface area contributed by atoms with Crippen LogP contribution >= 0.6 is 12.3 Å². The number of aromatic hydroxyl groups is 1. The molecule has 1 fully saturated rings. The number of ketones is 1. The smallest absolute Gasteiger partial charge is 0.207 e. The van der Waals surface area contributed by atoms with Crippen molar-refractivity contribution in [2.45, 2.75) is 0 Å². The number of nitrogens with zero attached hydrogens (tertiary/aromatic N) is 1. The molecule has 1 saturated heterocycles. The van der Waals surface area contributed by atoms with E-state index in [1.54, 1.807) is 48.5 Å². The SMILES string of the molecule is N=C1c2ccccc2C(=O)c2c(-c3ccc(NN4OSO4)cc3)[nH]c(O)c21. The Morgan fingerprint density at radius 2 is 1.74 bits per heavy atom. The molecule has 4 N–H and O–H groups in total. The average molecular weight is 380 g/mol. The molecule has 1 aliphatic carbocycles. The topological polar surface area (TPSA) is 111 Å². The Morgan fingerprint density at radius 1 is 1.04 bits per heavy atom. The van der Waals surface area contributed by atoms with Crippen LogP contribution in [-0.4, -0.2) is 26.9 Å². The Balaban J connectivity index is 1.57. The van der Waals surface area contributed by atoms with Crippen LogP contribution in [0.2, 0.25) is 0 Å². The predicted octanol–water partition coefficient (Wildman–Crippen LogP) is 3.42. The van der Waals surface area contributed by atoms with Crippen molar-refractivity contribution in [2.24, 2.45) is 0 Å². The number of rotatable bonds is 3. The number of H-pyrrole nitrogens is 1. The quantitative estimate of drug-likeness (QED) is 0.403. The number of nitrogens with one attached hydrogen (secondary N) is 3. The van der Waals surface area contributed by atoms with E-state index in [9.17, 15) is 9.90 Å². The number of hydrogen-bond acceptors (Lipinski definition) is 8. The van der Waals surface area contributed by atoms with Crippen LogP contribution in [0, 0.1) is 5.41 Å². The first-order valence-electron chi connectivity index (χ1n) is 8.00. The fourth-order valence-electron chi connectivity index (χ4n) is 3.26. The molecule has 0 amide bonds. The van der Waals surface area contributed by atoms with E-state index in [0.717, 1.165) is 17.7 Å². The standard InChI is InChI=1S/C18H12N4O4S/c19-15-11-3-1-2-4-12(11)17(23)14-13(15)18(24)20-16(14)9-5-7-10(8-6-9)21-22-25-27-26-22/h1-8,19-21,24H.